The number of nitrogens with zero attached hydrogens (tertiary/aromatic N) is 2. The summed E-state index contributed by atoms with van der Waals surface area (Å²) in [6.07, 6.45) is 5.55. The Balaban J connectivity index is 1.98. The highest BCUT2D eigenvalue weighted by Crippen LogP contribution is 2.29. The molecule has 0 saturated heterocycles. The van der Waals surface area contributed by atoms with Crippen molar-refractivity contribution in [1.29, 1.82) is 0 Å². The Bertz CT molecular complexity index is 438. The molecule has 2 rings (SSSR count). The number of hydrogen-bond donors (Lipinski definition) is 1. The molecule has 19 heavy (non-hydrogen) atoms. The van der Waals surface area contributed by atoms with Gasteiger partial charge in [-0.1, -0.05) is 6.42 Å². The molecular weight excluding hydrogens is 242 g/mol. The van der Waals surface area contributed by atoms with Crippen LogP contribution in [0, 0.1) is 5.92 Å². The van der Waals surface area contributed by atoms with Gasteiger partial charge in [0.15, 0.2) is 0 Å². The Morgan fingerprint density at radius 2 is 2.37 bits per heavy atom. The third kappa shape index (κ3) is 3.15. The van der Waals surface area contributed by atoms with Crippen molar-refractivity contribution in [1.82, 2.24) is 15.1 Å². The van der Waals surface area contributed by atoms with Gasteiger partial charge in [0.2, 0.25) is 0 Å². The topological polar surface area (TPSA) is 56.1 Å². The second kappa shape index (κ2) is 6.19. The van der Waals surface area contributed by atoms with Crippen LogP contribution in [0.3, 0.4) is 0 Å². The van der Waals surface area contributed by atoms with Gasteiger partial charge < -0.3 is 10.1 Å². The molecule has 1 N–H and O–H groups in total. The van der Waals surface area contributed by atoms with E-state index in [1.54, 1.807) is 10.9 Å². The van der Waals surface area contributed by atoms with E-state index in [0.717, 1.165) is 11.6 Å². The maximum atomic E-state index is 11.8. The highest BCUT2D eigenvalue weighted by molar-refractivity contribution is 5.90. The molecule has 0 amide bonds. The average molecular weight is 265 g/mol. The number of nitrogens with one attached hydrogen (secondary N) is 1. The van der Waals surface area contributed by atoms with E-state index in [-0.39, 0.29) is 5.97 Å². The van der Waals surface area contributed by atoms with Crippen molar-refractivity contribution < 1.29 is 9.53 Å². The normalized spacial score (nSPS) is 17.0. The minimum absolute atomic E-state index is 0.288. The van der Waals surface area contributed by atoms with E-state index in [2.05, 4.69) is 17.3 Å². The maximum Gasteiger partial charge on any atom is 0.341 e. The lowest BCUT2D eigenvalue weighted by Gasteiger charge is -2.32. The van der Waals surface area contributed by atoms with Crippen LogP contribution in [0.2, 0.25) is 0 Å². The van der Waals surface area contributed by atoms with Crippen LogP contribution in [0.5, 0.6) is 0 Å². The first-order chi connectivity index (χ1) is 9.13. The fourth-order valence-corrected chi connectivity index (χ4v) is 2.42. The smallest absolute Gasteiger partial charge is 0.341 e. The Hall–Kier alpha value is -1.36. The van der Waals surface area contributed by atoms with E-state index in [9.17, 15) is 4.79 Å². The Morgan fingerprint density at radius 3 is 2.95 bits per heavy atom. The zero-order valence-electron chi connectivity index (χ0n) is 12.0. The summed E-state index contributed by atoms with van der Waals surface area (Å²) in [5.74, 6) is 0.489. The Labute approximate surface area is 114 Å². The van der Waals surface area contributed by atoms with E-state index in [0.29, 0.717) is 24.8 Å². The Morgan fingerprint density at radius 1 is 1.63 bits per heavy atom. The van der Waals surface area contributed by atoms with Gasteiger partial charge in [0.25, 0.3) is 0 Å². The minimum Gasteiger partial charge on any atom is -0.462 e. The molecule has 5 heteroatoms. The van der Waals surface area contributed by atoms with Gasteiger partial charge in [-0.05, 0) is 32.6 Å². The second-order valence-electron chi connectivity index (χ2n) is 5.21. The summed E-state index contributed by atoms with van der Waals surface area (Å²) >= 11 is 0. The van der Waals surface area contributed by atoms with Gasteiger partial charge in [0.05, 0.1) is 18.5 Å². The van der Waals surface area contributed by atoms with Gasteiger partial charge in [0, 0.05) is 19.6 Å². The molecule has 0 aromatic carbocycles. The SMILES string of the molecule is CCOC(=O)c1cnn(C)c1CNC(C)C1CCC1. The van der Waals surface area contributed by atoms with E-state index in [1.165, 1.54) is 19.3 Å². The number of rotatable bonds is 6. The van der Waals surface area contributed by atoms with Gasteiger partial charge >= 0.3 is 5.97 Å². The average Bonchev–Trinajstić information content (AvgIpc) is 2.66. The zero-order chi connectivity index (χ0) is 13.8. The summed E-state index contributed by atoms with van der Waals surface area (Å²) in [4.78, 5) is 11.8. The highest BCUT2D eigenvalue weighted by Gasteiger charge is 2.24. The van der Waals surface area contributed by atoms with Gasteiger partial charge in [-0.3, -0.25) is 4.68 Å². The lowest BCUT2D eigenvalue weighted by molar-refractivity contribution is 0.0524. The quantitative estimate of drug-likeness (QED) is 0.798. The van der Waals surface area contributed by atoms with Crippen LogP contribution in [0.1, 0.15) is 49.2 Å². The molecule has 1 aromatic heterocycles. The molecule has 1 unspecified atom stereocenters. The van der Waals surface area contributed by atoms with Gasteiger partial charge in [0.1, 0.15) is 5.56 Å². The molecule has 0 bridgehead atoms. The van der Waals surface area contributed by atoms with Crippen LogP contribution in [0.15, 0.2) is 6.20 Å². The number of carbonyl (C=O) groups is 1. The number of esters is 1. The molecule has 1 aliphatic rings. The molecule has 0 radical (unpaired) electrons. The first-order valence-corrected chi connectivity index (χ1v) is 7.04. The molecule has 1 heterocycles. The van der Waals surface area contributed by atoms with E-state index in [4.69, 9.17) is 4.74 Å². The highest BCUT2D eigenvalue weighted by atomic mass is 16.5. The molecule has 106 valence electrons. The number of aromatic nitrogens is 2. The summed E-state index contributed by atoms with van der Waals surface area (Å²) in [6.45, 7) is 5.07. The second-order valence-corrected chi connectivity index (χ2v) is 5.21. The summed E-state index contributed by atoms with van der Waals surface area (Å²) < 4.78 is 6.79. The third-order valence-electron chi connectivity index (χ3n) is 4.01. The van der Waals surface area contributed by atoms with Crippen molar-refractivity contribution in [2.75, 3.05) is 6.61 Å². The van der Waals surface area contributed by atoms with Gasteiger partial charge in [-0.25, -0.2) is 4.79 Å². The van der Waals surface area contributed by atoms with E-state index < -0.39 is 0 Å². The monoisotopic (exact) mass is 265 g/mol. The van der Waals surface area contributed by atoms with Crippen molar-refractivity contribution >= 4 is 5.97 Å². The molecule has 1 aromatic rings. The minimum atomic E-state index is -0.288. The number of aryl methyl sites for hydroxylation is 1. The fraction of sp³-hybridized carbons (Fsp3) is 0.714. The van der Waals surface area contributed by atoms with Crippen LogP contribution in [0.4, 0.5) is 0 Å². The molecule has 1 atom stereocenters. The number of ether oxygens (including phenoxy) is 1. The van der Waals surface area contributed by atoms with Crippen molar-refractivity contribution in [2.45, 2.75) is 45.7 Å². The van der Waals surface area contributed by atoms with Crippen LogP contribution in [0.25, 0.3) is 0 Å². The van der Waals surface area contributed by atoms with Crippen LogP contribution >= 0.6 is 0 Å². The molecule has 1 aliphatic carbocycles. The summed E-state index contributed by atoms with van der Waals surface area (Å²) in [5.41, 5.74) is 1.46. The molecule has 5 nitrogen and oxygen atoms in total. The standard InChI is InChI=1S/C14H23N3O2/c1-4-19-14(18)12-8-16-17(3)13(12)9-15-10(2)11-6-5-7-11/h8,10-11,15H,4-7,9H2,1-3H3. The van der Waals surface area contributed by atoms with Gasteiger partial charge in [-0.15, -0.1) is 0 Å². The van der Waals surface area contributed by atoms with E-state index >= 15 is 0 Å². The summed E-state index contributed by atoms with van der Waals surface area (Å²) in [5, 5.41) is 7.65. The maximum absolute atomic E-state index is 11.8. The number of hydrogen-bond acceptors (Lipinski definition) is 4. The molecule has 1 fully saturated rings. The molecule has 0 aliphatic heterocycles. The van der Waals surface area contributed by atoms with Crippen molar-refractivity contribution in [3.8, 4) is 0 Å². The predicted octanol–water partition coefficient (Wildman–Crippen LogP) is 1.87. The fourth-order valence-electron chi connectivity index (χ4n) is 2.42. The summed E-state index contributed by atoms with van der Waals surface area (Å²) in [7, 11) is 1.85. The van der Waals surface area contributed by atoms with Crippen LogP contribution in [-0.2, 0) is 18.3 Å². The first kappa shape index (κ1) is 14.1. The van der Waals surface area contributed by atoms with Crippen molar-refractivity contribution in [3.63, 3.8) is 0 Å². The molecule has 1 saturated carbocycles. The Kier molecular flexibility index (Phi) is 4.58. The zero-order valence-corrected chi connectivity index (χ0v) is 12.0. The first-order valence-electron chi connectivity index (χ1n) is 7.04. The van der Waals surface area contributed by atoms with Crippen LogP contribution < -0.4 is 5.32 Å². The number of carbonyl (C=O) groups excluding carboxylic acids is 1. The predicted molar refractivity (Wildman–Crippen MR) is 72.8 cm³/mol. The van der Waals surface area contributed by atoms with Crippen LogP contribution in [-0.4, -0.2) is 28.4 Å². The lowest BCUT2D eigenvalue weighted by atomic mass is 9.80. The summed E-state index contributed by atoms with van der Waals surface area (Å²) in [6, 6.07) is 0.485. The van der Waals surface area contributed by atoms with Crippen molar-refractivity contribution in [3.05, 3.63) is 17.5 Å². The third-order valence-corrected chi connectivity index (χ3v) is 4.01. The van der Waals surface area contributed by atoms with Crippen molar-refractivity contribution in [2.24, 2.45) is 13.0 Å². The van der Waals surface area contributed by atoms with E-state index in [1.807, 2.05) is 14.0 Å². The van der Waals surface area contributed by atoms with Gasteiger partial charge in [-0.2, -0.15) is 5.10 Å². The largest absolute Gasteiger partial charge is 0.462 e. The molecular formula is C14H23N3O2. The lowest BCUT2D eigenvalue weighted by Crippen LogP contribution is -2.37. The molecule has 0 spiro atoms.